The Morgan fingerprint density at radius 3 is 2.73 bits per heavy atom. The molecule has 1 aromatic heterocycles. The number of ether oxygens (including phenoxy) is 1. The molecule has 0 aliphatic heterocycles. The van der Waals surface area contributed by atoms with E-state index in [1.165, 1.54) is 5.38 Å². The van der Waals surface area contributed by atoms with Crippen molar-refractivity contribution in [1.29, 1.82) is 0 Å². The quantitative estimate of drug-likeness (QED) is 0.423. The van der Waals surface area contributed by atoms with Gasteiger partial charge < -0.3 is 4.74 Å². The molecular weight excluding hydrogens is 382 g/mol. The molecule has 138 valence electrons. The number of amides is 2. The van der Waals surface area contributed by atoms with Gasteiger partial charge in [0.25, 0.3) is 5.91 Å². The van der Waals surface area contributed by atoms with E-state index in [0.29, 0.717) is 23.8 Å². The molecule has 1 heterocycles. The van der Waals surface area contributed by atoms with Crippen LogP contribution in [0.25, 0.3) is 0 Å². The van der Waals surface area contributed by atoms with Gasteiger partial charge in [-0.3, -0.25) is 30.6 Å². The molecule has 0 fully saturated rings. The number of nitrogens with zero attached hydrogens (tertiary/aromatic N) is 1. The molecule has 26 heavy (non-hydrogen) atoms. The van der Waals surface area contributed by atoms with Gasteiger partial charge in [0.2, 0.25) is 5.91 Å². The molecule has 2 amide bonds. The summed E-state index contributed by atoms with van der Waals surface area (Å²) in [5.41, 5.74) is 5.49. The summed E-state index contributed by atoms with van der Waals surface area (Å²) in [5.74, 6) is -0.308. The lowest BCUT2D eigenvalue weighted by atomic mass is 10.2. The van der Waals surface area contributed by atoms with Crippen molar-refractivity contribution in [3.8, 4) is 5.75 Å². The van der Waals surface area contributed by atoms with Crippen LogP contribution >= 0.6 is 22.9 Å². The maximum absolute atomic E-state index is 11.8. The molecule has 0 unspecified atom stereocenters. The van der Waals surface area contributed by atoms with Gasteiger partial charge in [-0.25, -0.2) is 0 Å². The van der Waals surface area contributed by atoms with Crippen LogP contribution in [0.15, 0.2) is 29.6 Å². The van der Waals surface area contributed by atoms with Crippen molar-refractivity contribution in [2.24, 2.45) is 0 Å². The lowest BCUT2D eigenvalue weighted by Gasteiger charge is -2.09. The highest BCUT2D eigenvalue weighted by Gasteiger charge is 2.15. The maximum atomic E-state index is 11.8. The Labute approximate surface area is 158 Å². The summed E-state index contributed by atoms with van der Waals surface area (Å²) in [6.07, 6.45) is 0.602. The van der Waals surface area contributed by atoms with Crippen molar-refractivity contribution in [2.75, 3.05) is 6.61 Å². The van der Waals surface area contributed by atoms with E-state index >= 15 is 0 Å². The predicted molar refractivity (Wildman–Crippen MR) is 97.5 cm³/mol. The predicted octanol–water partition coefficient (Wildman–Crippen LogP) is 3.24. The highest BCUT2D eigenvalue weighted by molar-refractivity contribution is 7.13. The topological polar surface area (TPSA) is 111 Å². The lowest BCUT2D eigenvalue weighted by molar-refractivity contribution is -0.380. The van der Waals surface area contributed by atoms with Gasteiger partial charge in [0.05, 0.1) is 17.1 Å². The fourth-order valence-electron chi connectivity index (χ4n) is 1.99. The zero-order chi connectivity index (χ0) is 19.1. The Hall–Kier alpha value is -2.65. The second-order valence-corrected chi connectivity index (χ2v) is 6.62. The summed E-state index contributed by atoms with van der Waals surface area (Å²) in [4.78, 5) is 33.5. The number of benzene rings is 1. The smallest absolute Gasteiger partial charge is 0.324 e. The van der Waals surface area contributed by atoms with Gasteiger partial charge >= 0.3 is 5.00 Å². The van der Waals surface area contributed by atoms with Crippen LogP contribution in [-0.4, -0.2) is 23.3 Å². The Bertz CT molecular complexity index is 824. The van der Waals surface area contributed by atoms with Gasteiger partial charge in [-0.1, -0.05) is 22.9 Å². The van der Waals surface area contributed by atoms with Crippen molar-refractivity contribution >= 4 is 39.8 Å². The van der Waals surface area contributed by atoms with Gasteiger partial charge in [0, 0.05) is 22.9 Å². The monoisotopic (exact) mass is 397 g/mol. The van der Waals surface area contributed by atoms with E-state index in [2.05, 4.69) is 10.9 Å². The van der Waals surface area contributed by atoms with Gasteiger partial charge in [0.15, 0.2) is 0 Å². The standard InChI is InChI=1S/C16H16ClN3O5S/c1-10-7-12(17)4-5-13(10)25-6-2-3-14(21)18-19-16(22)11-8-15(20(23)24)26-9-11/h4-5,7-9H,2-3,6H2,1H3,(H,18,21)(H,19,22). The summed E-state index contributed by atoms with van der Waals surface area (Å²) >= 11 is 6.71. The fraction of sp³-hybridized carbons (Fsp3) is 0.250. The summed E-state index contributed by atoms with van der Waals surface area (Å²) in [7, 11) is 0. The number of rotatable bonds is 7. The highest BCUT2D eigenvalue weighted by Crippen LogP contribution is 2.23. The molecule has 2 rings (SSSR count). The lowest BCUT2D eigenvalue weighted by Crippen LogP contribution is -2.41. The van der Waals surface area contributed by atoms with Crippen LogP contribution in [-0.2, 0) is 4.79 Å². The van der Waals surface area contributed by atoms with E-state index < -0.39 is 10.8 Å². The molecule has 0 radical (unpaired) electrons. The van der Waals surface area contributed by atoms with Crippen molar-refractivity contribution in [3.63, 3.8) is 0 Å². The van der Waals surface area contributed by atoms with Crippen molar-refractivity contribution in [1.82, 2.24) is 10.9 Å². The second-order valence-electron chi connectivity index (χ2n) is 5.29. The van der Waals surface area contributed by atoms with E-state index in [-0.39, 0.29) is 22.9 Å². The first-order valence-electron chi connectivity index (χ1n) is 7.58. The fourth-order valence-corrected chi connectivity index (χ4v) is 2.92. The first kappa shape index (κ1) is 19.7. The third kappa shape index (κ3) is 5.71. The van der Waals surface area contributed by atoms with E-state index in [1.807, 2.05) is 6.92 Å². The average molecular weight is 398 g/mol. The zero-order valence-corrected chi connectivity index (χ0v) is 15.4. The largest absolute Gasteiger partial charge is 0.493 e. The number of carbonyl (C=O) groups is 2. The molecule has 0 saturated carbocycles. The average Bonchev–Trinajstić information content (AvgIpc) is 3.08. The highest BCUT2D eigenvalue weighted by atomic mass is 35.5. The van der Waals surface area contributed by atoms with E-state index in [1.54, 1.807) is 18.2 Å². The number of aryl methyl sites for hydroxylation is 1. The maximum Gasteiger partial charge on any atom is 0.324 e. The summed E-state index contributed by atoms with van der Waals surface area (Å²) in [5, 5.41) is 12.4. The summed E-state index contributed by atoms with van der Waals surface area (Å²) in [6, 6.07) is 6.42. The Morgan fingerprint density at radius 2 is 2.08 bits per heavy atom. The minimum Gasteiger partial charge on any atom is -0.493 e. The molecule has 0 spiro atoms. The molecule has 0 aliphatic rings. The normalized spacial score (nSPS) is 10.2. The SMILES string of the molecule is Cc1cc(Cl)ccc1OCCCC(=O)NNC(=O)c1csc([N+](=O)[O-])c1. The molecular formula is C16H16ClN3O5S. The number of hydrogen-bond donors (Lipinski definition) is 2. The second kappa shape index (κ2) is 9.16. The van der Waals surface area contributed by atoms with Gasteiger partial charge in [0.1, 0.15) is 5.75 Å². The molecule has 8 nitrogen and oxygen atoms in total. The van der Waals surface area contributed by atoms with Crippen LogP contribution < -0.4 is 15.6 Å². The van der Waals surface area contributed by atoms with Crippen molar-refractivity contribution in [3.05, 3.63) is 55.9 Å². The number of thiophene rings is 1. The van der Waals surface area contributed by atoms with E-state index in [0.717, 1.165) is 23.0 Å². The minimum absolute atomic E-state index is 0.114. The first-order chi connectivity index (χ1) is 12.4. The molecule has 10 heteroatoms. The van der Waals surface area contributed by atoms with Gasteiger partial charge in [-0.05, 0) is 37.1 Å². The number of nitro groups is 1. The van der Waals surface area contributed by atoms with Crippen molar-refractivity contribution < 1.29 is 19.2 Å². The minimum atomic E-state index is -0.615. The first-order valence-corrected chi connectivity index (χ1v) is 8.83. The number of hydrogen-bond acceptors (Lipinski definition) is 6. The van der Waals surface area contributed by atoms with Crippen LogP contribution in [0.5, 0.6) is 5.75 Å². The number of halogens is 1. The van der Waals surface area contributed by atoms with Crippen LogP contribution in [0.1, 0.15) is 28.8 Å². The van der Waals surface area contributed by atoms with E-state index in [9.17, 15) is 19.7 Å². The molecule has 0 atom stereocenters. The third-order valence-corrected chi connectivity index (χ3v) is 4.40. The molecule has 2 N–H and O–H groups in total. The Kier molecular flexibility index (Phi) is 6.93. The number of nitrogens with one attached hydrogen (secondary N) is 2. The van der Waals surface area contributed by atoms with E-state index in [4.69, 9.17) is 16.3 Å². The number of carbonyl (C=O) groups excluding carboxylic acids is 2. The summed E-state index contributed by atoms with van der Waals surface area (Å²) in [6.45, 7) is 2.21. The molecule has 1 aromatic carbocycles. The van der Waals surface area contributed by atoms with Crippen LogP contribution in [0.4, 0.5) is 5.00 Å². The Balaban J connectivity index is 1.68. The molecule has 0 aliphatic carbocycles. The Morgan fingerprint density at radius 1 is 1.31 bits per heavy atom. The van der Waals surface area contributed by atoms with Crippen molar-refractivity contribution in [2.45, 2.75) is 19.8 Å². The van der Waals surface area contributed by atoms with Gasteiger partial charge in [-0.2, -0.15) is 0 Å². The molecule has 0 saturated heterocycles. The van der Waals surface area contributed by atoms with Crippen LogP contribution in [0.2, 0.25) is 5.02 Å². The van der Waals surface area contributed by atoms with Gasteiger partial charge in [-0.15, -0.1) is 0 Å². The summed E-state index contributed by atoms with van der Waals surface area (Å²) < 4.78 is 5.57. The zero-order valence-electron chi connectivity index (χ0n) is 13.8. The molecule has 2 aromatic rings. The third-order valence-electron chi connectivity index (χ3n) is 3.29. The van der Waals surface area contributed by atoms with Crippen LogP contribution in [0.3, 0.4) is 0 Å². The van der Waals surface area contributed by atoms with Crippen LogP contribution in [0, 0.1) is 17.0 Å². The number of hydrazine groups is 1. The molecule has 0 bridgehead atoms.